The van der Waals surface area contributed by atoms with Crippen molar-refractivity contribution in [3.63, 3.8) is 0 Å². The molecule has 0 amide bonds. The SMILES string of the molecule is CC1=Cc2ccccc2C(CN(C)C)c2ccccc21. The summed E-state index contributed by atoms with van der Waals surface area (Å²) in [6, 6.07) is 17.6. The molecule has 0 radical (unpaired) electrons. The summed E-state index contributed by atoms with van der Waals surface area (Å²) >= 11 is 0. The molecular formula is C19H21N. The van der Waals surface area contributed by atoms with E-state index in [9.17, 15) is 0 Å². The minimum atomic E-state index is 0.436. The molecule has 0 bridgehead atoms. The van der Waals surface area contributed by atoms with Crippen molar-refractivity contribution < 1.29 is 0 Å². The molecular weight excluding hydrogens is 242 g/mol. The largest absolute Gasteiger partial charge is 0.308 e. The molecule has 0 saturated carbocycles. The first kappa shape index (κ1) is 13.1. The van der Waals surface area contributed by atoms with Crippen molar-refractivity contribution in [2.75, 3.05) is 20.6 Å². The Labute approximate surface area is 121 Å². The fourth-order valence-corrected chi connectivity index (χ4v) is 3.16. The van der Waals surface area contributed by atoms with E-state index in [-0.39, 0.29) is 0 Å². The van der Waals surface area contributed by atoms with E-state index < -0.39 is 0 Å². The molecule has 0 saturated heterocycles. The van der Waals surface area contributed by atoms with Crippen molar-refractivity contribution in [2.45, 2.75) is 12.8 Å². The van der Waals surface area contributed by atoms with Gasteiger partial charge in [-0.2, -0.15) is 0 Å². The maximum Gasteiger partial charge on any atom is 0.0228 e. The number of rotatable bonds is 2. The van der Waals surface area contributed by atoms with Gasteiger partial charge in [-0.25, -0.2) is 0 Å². The number of fused-ring (bicyclic) bond motifs is 2. The Kier molecular flexibility index (Phi) is 3.45. The molecule has 0 spiro atoms. The third-order valence-electron chi connectivity index (χ3n) is 4.05. The van der Waals surface area contributed by atoms with Crippen LogP contribution in [0, 0.1) is 0 Å². The highest BCUT2D eigenvalue weighted by molar-refractivity contribution is 5.85. The minimum Gasteiger partial charge on any atom is -0.308 e. The molecule has 0 aliphatic heterocycles. The third kappa shape index (κ3) is 2.30. The Balaban J connectivity index is 2.24. The Bertz CT molecular complexity index is 652. The lowest BCUT2D eigenvalue weighted by Gasteiger charge is -2.24. The highest BCUT2D eigenvalue weighted by Gasteiger charge is 2.23. The normalized spacial score (nSPS) is 17.2. The van der Waals surface area contributed by atoms with Crippen LogP contribution in [0.3, 0.4) is 0 Å². The first-order chi connectivity index (χ1) is 9.66. The lowest BCUT2D eigenvalue weighted by molar-refractivity contribution is 0.392. The van der Waals surface area contributed by atoms with Gasteiger partial charge in [-0.1, -0.05) is 54.6 Å². The molecule has 3 rings (SSSR count). The Morgan fingerprint density at radius 3 is 2.30 bits per heavy atom. The fourth-order valence-electron chi connectivity index (χ4n) is 3.16. The number of likely N-dealkylation sites (N-methyl/N-ethyl adjacent to an activating group) is 1. The summed E-state index contributed by atoms with van der Waals surface area (Å²) < 4.78 is 0. The van der Waals surface area contributed by atoms with Gasteiger partial charge >= 0.3 is 0 Å². The van der Waals surface area contributed by atoms with Crippen LogP contribution in [-0.2, 0) is 0 Å². The van der Waals surface area contributed by atoms with Crippen molar-refractivity contribution in [3.8, 4) is 0 Å². The lowest BCUT2D eigenvalue weighted by atomic mass is 9.87. The second-order valence-electron chi connectivity index (χ2n) is 5.86. The van der Waals surface area contributed by atoms with Crippen molar-refractivity contribution in [2.24, 2.45) is 0 Å². The van der Waals surface area contributed by atoms with E-state index in [0.717, 1.165) is 6.54 Å². The van der Waals surface area contributed by atoms with E-state index in [1.807, 2.05) is 0 Å². The van der Waals surface area contributed by atoms with Crippen LogP contribution in [0.4, 0.5) is 0 Å². The molecule has 0 aromatic heterocycles. The molecule has 1 unspecified atom stereocenters. The highest BCUT2D eigenvalue weighted by atomic mass is 15.1. The van der Waals surface area contributed by atoms with E-state index >= 15 is 0 Å². The topological polar surface area (TPSA) is 3.24 Å². The molecule has 1 atom stereocenters. The maximum atomic E-state index is 2.32. The van der Waals surface area contributed by atoms with Crippen LogP contribution in [0.5, 0.6) is 0 Å². The van der Waals surface area contributed by atoms with Gasteiger partial charge in [0.05, 0.1) is 0 Å². The summed E-state index contributed by atoms with van der Waals surface area (Å²) in [5.41, 5.74) is 6.98. The predicted octanol–water partition coefficient (Wildman–Crippen LogP) is 4.25. The number of benzene rings is 2. The van der Waals surface area contributed by atoms with Crippen LogP contribution in [0.1, 0.15) is 35.1 Å². The lowest BCUT2D eigenvalue weighted by Crippen LogP contribution is -2.22. The summed E-state index contributed by atoms with van der Waals surface area (Å²) in [6.07, 6.45) is 2.32. The molecule has 20 heavy (non-hydrogen) atoms. The maximum absolute atomic E-state index is 2.32. The summed E-state index contributed by atoms with van der Waals surface area (Å²) in [6.45, 7) is 3.25. The zero-order chi connectivity index (χ0) is 14.1. The average Bonchev–Trinajstić information content (AvgIpc) is 2.55. The molecule has 1 aliphatic carbocycles. The third-order valence-corrected chi connectivity index (χ3v) is 4.05. The second-order valence-corrected chi connectivity index (χ2v) is 5.86. The van der Waals surface area contributed by atoms with Crippen molar-refractivity contribution in [1.29, 1.82) is 0 Å². The molecule has 1 aliphatic rings. The van der Waals surface area contributed by atoms with Gasteiger partial charge in [-0.05, 0) is 48.8 Å². The zero-order valence-electron chi connectivity index (χ0n) is 12.4. The van der Waals surface area contributed by atoms with Gasteiger partial charge in [0.15, 0.2) is 0 Å². The average molecular weight is 263 g/mol. The van der Waals surface area contributed by atoms with E-state index in [0.29, 0.717) is 5.92 Å². The zero-order valence-corrected chi connectivity index (χ0v) is 12.4. The summed E-state index contributed by atoms with van der Waals surface area (Å²) in [4.78, 5) is 2.28. The molecule has 102 valence electrons. The van der Waals surface area contributed by atoms with E-state index in [1.165, 1.54) is 27.8 Å². The first-order valence-electron chi connectivity index (χ1n) is 7.18. The number of hydrogen-bond donors (Lipinski definition) is 0. The van der Waals surface area contributed by atoms with Crippen LogP contribution in [0.25, 0.3) is 11.6 Å². The van der Waals surface area contributed by atoms with E-state index in [4.69, 9.17) is 0 Å². The molecule has 1 nitrogen and oxygen atoms in total. The summed E-state index contributed by atoms with van der Waals surface area (Å²) in [7, 11) is 4.30. The monoisotopic (exact) mass is 263 g/mol. The second kappa shape index (κ2) is 5.26. The van der Waals surface area contributed by atoms with Gasteiger partial charge in [-0.15, -0.1) is 0 Å². The van der Waals surface area contributed by atoms with E-state index in [2.05, 4.69) is 80.5 Å². The highest BCUT2D eigenvalue weighted by Crippen LogP contribution is 2.37. The van der Waals surface area contributed by atoms with Crippen molar-refractivity contribution in [3.05, 3.63) is 70.8 Å². The van der Waals surface area contributed by atoms with Gasteiger partial charge < -0.3 is 4.90 Å². The van der Waals surface area contributed by atoms with Gasteiger partial charge in [0.25, 0.3) is 0 Å². The molecule has 2 aromatic rings. The Morgan fingerprint density at radius 2 is 1.55 bits per heavy atom. The first-order valence-corrected chi connectivity index (χ1v) is 7.18. The standard InChI is InChI=1S/C19H21N/c1-14-12-15-8-4-5-10-17(15)19(13-20(2)3)18-11-7-6-9-16(14)18/h4-12,19H,13H2,1-3H3. The summed E-state index contributed by atoms with van der Waals surface area (Å²) in [5.74, 6) is 0.436. The number of nitrogens with zero attached hydrogens (tertiary/aromatic N) is 1. The van der Waals surface area contributed by atoms with Crippen LogP contribution < -0.4 is 0 Å². The van der Waals surface area contributed by atoms with Gasteiger partial charge in [-0.3, -0.25) is 0 Å². The molecule has 0 fully saturated rings. The van der Waals surface area contributed by atoms with Gasteiger partial charge in [0.2, 0.25) is 0 Å². The quantitative estimate of drug-likeness (QED) is 0.782. The smallest absolute Gasteiger partial charge is 0.0228 e. The minimum absolute atomic E-state index is 0.436. The Morgan fingerprint density at radius 1 is 0.900 bits per heavy atom. The van der Waals surface area contributed by atoms with E-state index in [1.54, 1.807) is 0 Å². The molecule has 2 aromatic carbocycles. The van der Waals surface area contributed by atoms with Crippen LogP contribution in [0.15, 0.2) is 48.5 Å². The van der Waals surface area contributed by atoms with Crippen LogP contribution in [0.2, 0.25) is 0 Å². The predicted molar refractivity (Wildman–Crippen MR) is 86.8 cm³/mol. The molecule has 0 N–H and O–H groups in total. The fraction of sp³-hybridized carbons (Fsp3) is 0.263. The Hall–Kier alpha value is -1.86. The molecule has 0 heterocycles. The summed E-state index contributed by atoms with van der Waals surface area (Å²) in [5, 5.41) is 0. The van der Waals surface area contributed by atoms with Crippen molar-refractivity contribution >= 4 is 11.6 Å². The van der Waals surface area contributed by atoms with Gasteiger partial charge in [0.1, 0.15) is 0 Å². The number of allylic oxidation sites excluding steroid dienone is 1. The van der Waals surface area contributed by atoms with Gasteiger partial charge in [0, 0.05) is 12.5 Å². The molecule has 1 heteroatoms. The van der Waals surface area contributed by atoms with Crippen LogP contribution >= 0.6 is 0 Å². The van der Waals surface area contributed by atoms with Crippen molar-refractivity contribution in [1.82, 2.24) is 4.90 Å². The number of hydrogen-bond acceptors (Lipinski definition) is 1. The van der Waals surface area contributed by atoms with Crippen LogP contribution in [-0.4, -0.2) is 25.5 Å².